The van der Waals surface area contributed by atoms with Gasteiger partial charge in [0.25, 0.3) is 0 Å². The standard InChI is InChI=1S/C7H7BFNO3/c1-6(11)8(9)12-7-4-2-3-5-10(7)13-8/h2-5H,1H3. The molecule has 0 saturated carbocycles. The highest BCUT2D eigenvalue weighted by molar-refractivity contribution is 6.92. The fourth-order valence-corrected chi connectivity index (χ4v) is 1.07. The maximum Gasteiger partial charge on any atom is 0.649 e. The van der Waals surface area contributed by atoms with Gasteiger partial charge in [-0.3, -0.25) is 0 Å². The monoisotopic (exact) mass is 183 g/mol. The summed E-state index contributed by atoms with van der Waals surface area (Å²) in [5.74, 6) is 0.195. The van der Waals surface area contributed by atoms with Crippen LogP contribution in [0.1, 0.15) is 6.92 Å². The van der Waals surface area contributed by atoms with Crippen molar-refractivity contribution >= 4 is 12.5 Å². The Bertz CT molecular complexity index is 346. The number of pyridine rings is 1. The van der Waals surface area contributed by atoms with Crippen LogP contribution in [-0.4, -0.2) is 12.5 Å². The van der Waals surface area contributed by atoms with Crippen LogP contribution in [0.15, 0.2) is 24.4 Å². The molecule has 1 aliphatic heterocycles. The van der Waals surface area contributed by atoms with Crippen molar-refractivity contribution in [3.8, 4) is 5.88 Å². The van der Waals surface area contributed by atoms with Gasteiger partial charge in [0.15, 0.2) is 0 Å². The maximum absolute atomic E-state index is 13.5. The van der Waals surface area contributed by atoms with Crippen LogP contribution in [0.2, 0.25) is 0 Å². The largest absolute Gasteiger partial charge is 0.649 e. The predicted octanol–water partition coefficient (Wildman–Crippen LogP) is -0.168. The number of halogens is 1. The van der Waals surface area contributed by atoms with Gasteiger partial charge in [-0.15, -0.1) is 0 Å². The van der Waals surface area contributed by atoms with Gasteiger partial charge < -0.3 is 18.5 Å². The number of carbonyl (C=O) groups is 1. The first-order chi connectivity index (χ1) is 6.12. The van der Waals surface area contributed by atoms with E-state index in [1.165, 1.54) is 12.3 Å². The lowest BCUT2D eigenvalue weighted by molar-refractivity contribution is -0.853. The fraction of sp³-hybridized carbons (Fsp3) is 0.143. The van der Waals surface area contributed by atoms with Gasteiger partial charge in [-0.2, -0.15) is 0 Å². The van der Waals surface area contributed by atoms with E-state index in [1.54, 1.807) is 12.1 Å². The summed E-state index contributed by atoms with van der Waals surface area (Å²) < 4.78 is 24.0. The van der Waals surface area contributed by atoms with E-state index >= 15 is 0 Å². The average molecular weight is 183 g/mol. The molecule has 0 aliphatic carbocycles. The molecule has 1 aromatic rings. The summed E-state index contributed by atoms with van der Waals surface area (Å²) in [5.41, 5.74) is -0.760. The topological polar surface area (TPSA) is 39.4 Å². The molecule has 1 aliphatic rings. The molecule has 1 unspecified atom stereocenters. The zero-order valence-electron chi connectivity index (χ0n) is 6.94. The van der Waals surface area contributed by atoms with Crippen molar-refractivity contribution in [1.82, 2.24) is 0 Å². The Kier molecular flexibility index (Phi) is 1.51. The number of fused-ring (bicyclic) bond motifs is 1. The van der Waals surface area contributed by atoms with E-state index in [-0.39, 0.29) is 5.88 Å². The lowest BCUT2D eigenvalue weighted by Crippen LogP contribution is -2.56. The molecule has 68 valence electrons. The van der Waals surface area contributed by atoms with E-state index < -0.39 is 12.5 Å². The molecule has 1 aromatic heterocycles. The number of hydrogen-bond acceptors (Lipinski definition) is 3. The van der Waals surface area contributed by atoms with Gasteiger partial charge in [0, 0.05) is 10.8 Å². The van der Waals surface area contributed by atoms with Gasteiger partial charge in [0.05, 0.1) is 11.7 Å². The van der Waals surface area contributed by atoms with E-state index in [9.17, 15) is 9.11 Å². The quantitative estimate of drug-likeness (QED) is 0.448. The zero-order valence-corrected chi connectivity index (χ0v) is 6.94. The van der Waals surface area contributed by atoms with Crippen LogP contribution in [0.5, 0.6) is 5.88 Å². The molecular formula is C7H7BFNO3. The summed E-state index contributed by atoms with van der Waals surface area (Å²) in [5, 5.41) is 0. The van der Waals surface area contributed by atoms with Gasteiger partial charge in [0.2, 0.25) is 6.20 Å². The highest BCUT2D eigenvalue weighted by Crippen LogP contribution is 2.16. The van der Waals surface area contributed by atoms with Gasteiger partial charge in [-0.1, -0.05) is 0 Å². The van der Waals surface area contributed by atoms with Gasteiger partial charge >= 0.3 is 12.7 Å². The summed E-state index contributed by atoms with van der Waals surface area (Å²) in [4.78, 5) is 10.8. The lowest BCUT2D eigenvalue weighted by atomic mass is 9.78. The van der Waals surface area contributed by atoms with Gasteiger partial charge in [-0.05, 0) is 13.0 Å². The van der Waals surface area contributed by atoms with Crippen molar-refractivity contribution in [2.24, 2.45) is 0 Å². The van der Waals surface area contributed by atoms with Crippen molar-refractivity contribution < 1.29 is 23.3 Å². The molecule has 13 heavy (non-hydrogen) atoms. The summed E-state index contributed by atoms with van der Waals surface area (Å²) in [7, 11) is 0. The molecule has 0 fully saturated rings. The second-order valence-corrected chi connectivity index (χ2v) is 2.82. The Hall–Kier alpha value is -1.59. The number of carbonyl (C=O) groups excluding carboxylic acids is 1. The van der Waals surface area contributed by atoms with Crippen LogP contribution in [0.3, 0.4) is 0 Å². The number of rotatable bonds is 1. The molecule has 0 spiro atoms. The second kappa shape index (κ2) is 2.45. The summed E-state index contributed by atoms with van der Waals surface area (Å²) in [6, 6.07) is 4.83. The molecule has 0 radical (unpaired) electrons. The molecule has 2 heterocycles. The Balaban J connectivity index is 2.37. The van der Waals surface area contributed by atoms with Crippen LogP contribution >= 0.6 is 0 Å². The Morgan fingerprint density at radius 1 is 1.62 bits per heavy atom. The molecule has 0 bridgehead atoms. The predicted molar refractivity (Wildman–Crippen MR) is 41.4 cm³/mol. The van der Waals surface area contributed by atoms with E-state index in [0.717, 1.165) is 11.7 Å². The molecular weight excluding hydrogens is 176 g/mol. The van der Waals surface area contributed by atoms with Crippen LogP contribution in [0, 0.1) is 0 Å². The minimum absolute atomic E-state index is 0.195. The fourth-order valence-electron chi connectivity index (χ4n) is 1.07. The van der Waals surface area contributed by atoms with Crippen molar-refractivity contribution in [3.63, 3.8) is 0 Å². The molecule has 1 atom stereocenters. The molecule has 2 rings (SSSR count). The maximum atomic E-state index is 13.5. The number of nitrogens with zero attached hydrogens (tertiary/aromatic N) is 1. The first-order valence-electron chi connectivity index (χ1n) is 3.84. The highest BCUT2D eigenvalue weighted by atomic mass is 19.1. The van der Waals surface area contributed by atoms with Crippen LogP contribution in [-0.2, 0) is 4.79 Å². The molecule has 0 aromatic carbocycles. The minimum Gasteiger partial charge on any atom is -0.596 e. The Morgan fingerprint density at radius 2 is 2.38 bits per heavy atom. The molecule has 6 heteroatoms. The van der Waals surface area contributed by atoms with Crippen molar-refractivity contribution in [2.75, 3.05) is 0 Å². The Morgan fingerprint density at radius 3 is 3.00 bits per heavy atom. The average Bonchev–Trinajstić information content (AvgIpc) is 2.42. The molecule has 4 nitrogen and oxygen atoms in total. The van der Waals surface area contributed by atoms with E-state index in [1.807, 2.05) is 0 Å². The second-order valence-electron chi connectivity index (χ2n) is 2.82. The number of aromatic nitrogens is 1. The molecule has 0 saturated heterocycles. The van der Waals surface area contributed by atoms with Crippen LogP contribution in [0.25, 0.3) is 0 Å². The van der Waals surface area contributed by atoms with Crippen LogP contribution < -0.4 is 14.1 Å². The van der Waals surface area contributed by atoms with E-state index in [2.05, 4.69) is 0 Å². The molecule has 0 amide bonds. The van der Waals surface area contributed by atoms with Crippen molar-refractivity contribution in [1.29, 1.82) is 0 Å². The molecule has 0 N–H and O–H groups in total. The third-order valence-corrected chi connectivity index (χ3v) is 1.80. The van der Waals surface area contributed by atoms with Gasteiger partial charge in [0.1, 0.15) is 0 Å². The minimum atomic E-state index is -3.33. The van der Waals surface area contributed by atoms with Gasteiger partial charge in [-0.25, -0.2) is 0 Å². The van der Waals surface area contributed by atoms with E-state index in [0.29, 0.717) is 0 Å². The lowest BCUT2D eigenvalue weighted by Gasteiger charge is -2.15. The third-order valence-electron chi connectivity index (χ3n) is 1.80. The third kappa shape index (κ3) is 1.14. The SMILES string of the molecule is CC(=O)[B-]1(F)Oc2cccc[n+]2O1. The summed E-state index contributed by atoms with van der Waals surface area (Å²) >= 11 is 0. The number of hydrogen-bond donors (Lipinski definition) is 0. The first kappa shape index (κ1) is 8.03. The zero-order chi connectivity index (χ0) is 9.47. The first-order valence-corrected chi connectivity index (χ1v) is 3.84. The summed E-state index contributed by atoms with van der Waals surface area (Å²) in [6.45, 7) is -2.24. The van der Waals surface area contributed by atoms with Crippen molar-refractivity contribution in [3.05, 3.63) is 24.4 Å². The van der Waals surface area contributed by atoms with E-state index in [4.69, 9.17) is 9.41 Å². The smallest absolute Gasteiger partial charge is 0.596 e. The summed E-state index contributed by atoms with van der Waals surface area (Å²) in [6.07, 6.45) is 1.47. The van der Waals surface area contributed by atoms with Crippen LogP contribution in [0.4, 0.5) is 4.32 Å². The normalized spacial score (nSPS) is 24.5. The Labute approximate surface area is 73.9 Å². The van der Waals surface area contributed by atoms with Crippen molar-refractivity contribution in [2.45, 2.75) is 6.92 Å². The highest BCUT2D eigenvalue weighted by Gasteiger charge is 2.50.